The number of carboxylic acids is 3. The van der Waals surface area contributed by atoms with Crippen LogP contribution in [0, 0.1) is 20.2 Å². The number of nitro groups is 2. The summed E-state index contributed by atoms with van der Waals surface area (Å²) in [6.45, 7) is 13.9. The number of nitrogens with two attached hydrogens (primary N) is 4. The fraction of sp³-hybridized carbons (Fsp3) is 0.485. The molecule has 4 aromatic rings. The molecule has 2 fully saturated rings. The molecule has 126 heavy (non-hydrogen) atoms. The summed E-state index contributed by atoms with van der Waals surface area (Å²) in [5, 5.41) is 80.3. The Hall–Kier alpha value is -0.315. The van der Waals surface area contributed by atoms with Crippen LogP contribution in [0.1, 0.15) is 176 Å². The summed E-state index contributed by atoms with van der Waals surface area (Å²) in [5.41, 5.74) is 21.3. The number of urea groups is 1. The van der Waals surface area contributed by atoms with E-state index in [-0.39, 0.29) is 151 Å². The van der Waals surface area contributed by atoms with E-state index in [2.05, 4.69) is 168 Å². The number of benzene rings is 4. The van der Waals surface area contributed by atoms with E-state index in [0.717, 1.165) is 116 Å². The Morgan fingerprint density at radius 2 is 1.01 bits per heavy atom. The van der Waals surface area contributed by atoms with Crippen LogP contribution >= 0.6 is 199 Å². The van der Waals surface area contributed by atoms with E-state index >= 15 is 0 Å². The Kier molecular flexibility index (Phi) is 71.0. The van der Waals surface area contributed by atoms with Gasteiger partial charge in [-0.2, -0.15) is 11.8 Å². The number of thioether (sulfide) groups is 1. The number of hydrogen-bond donors (Lipinski definition) is 16. The van der Waals surface area contributed by atoms with Gasteiger partial charge in [0.1, 0.15) is 16.7 Å². The molecule has 0 spiro atoms. The van der Waals surface area contributed by atoms with Crippen molar-refractivity contribution in [3.8, 4) is 0 Å². The van der Waals surface area contributed by atoms with Gasteiger partial charge in [0.15, 0.2) is 0 Å². The first-order valence-electron chi connectivity index (χ1n) is 38.0. The first-order valence-corrected chi connectivity index (χ1v) is 79.2. The number of carbonyl (C=O) groups is 10. The number of unbranched alkanes of at least 4 members (excludes halogenated alkanes) is 5. The van der Waals surface area contributed by atoms with Gasteiger partial charge in [0, 0.05) is 84.8 Å². The number of anilines is 2. The SMILES string of the molecule is CB(O)NCCCCN.COC(=O)c1ccc(C(=O)O)cc1[N+](=O)[O-].COC(=O)c1ccc(CNCCCCNC(=O)OC(C)(C)C)cc1[N+](=O)[O-].NCCCCNC(=O)c1ccc(C(=O)O)c(N)c1.Nc1cc(C(=O)NCCCCNC(=O)CCCC[C@@H]2SC[C@@H]3NC(=O)N[C@@H]32)ccc1C(=O)O.PP(P)P(P)P(P(P)P)P(P)P.PPP(P)P(P(P)P)P(P)P. The summed E-state index contributed by atoms with van der Waals surface area (Å²) in [4.78, 5) is 134. The Bertz CT molecular complexity index is 4080. The van der Waals surface area contributed by atoms with Gasteiger partial charge >= 0.3 is 49.0 Å². The normalized spacial score (nSPS) is 14.1. The van der Waals surface area contributed by atoms with Crippen molar-refractivity contribution in [3.05, 3.63) is 138 Å². The Morgan fingerprint density at radius 3 is 1.41 bits per heavy atom. The summed E-state index contributed by atoms with van der Waals surface area (Å²) in [7, 11) is 41.8. The number of fused-ring (bicyclic) bond motifs is 1. The molecule has 2 saturated heterocycles. The van der Waals surface area contributed by atoms with Crippen molar-refractivity contribution in [1.82, 2.24) is 42.4 Å². The molecule has 6 amide bonds. The molecule has 2 aliphatic rings. The number of rotatable bonds is 43. The predicted molar refractivity (Wildman–Crippen MR) is 583 cm³/mol. The van der Waals surface area contributed by atoms with Gasteiger partial charge in [-0.05, 0) is 241 Å². The average molecular weight is 2210 g/mol. The third kappa shape index (κ3) is 54.0. The van der Waals surface area contributed by atoms with Crippen molar-refractivity contribution in [2.24, 2.45) is 11.5 Å². The highest BCUT2D eigenvalue weighted by Crippen LogP contribution is 3.16. The van der Waals surface area contributed by atoms with Crippen molar-refractivity contribution in [1.29, 1.82) is 0 Å². The number of nitrogens with zero attached hydrogens (tertiary/aromatic N) is 2. The Morgan fingerprint density at radius 1 is 0.571 bits per heavy atom. The van der Waals surface area contributed by atoms with Gasteiger partial charge in [-0.1, -0.05) is 20.4 Å². The van der Waals surface area contributed by atoms with Crippen LogP contribution in [0.15, 0.2) is 72.8 Å². The Balaban J connectivity index is 0.00000152. The highest BCUT2D eigenvalue weighted by atomic mass is 33.3. The highest BCUT2D eigenvalue weighted by Gasteiger charge is 2.42. The van der Waals surface area contributed by atoms with E-state index in [1.807, 2.05) is 11.8 Å². The monoisotopic (exact) mass is 2200 g/mol. The van der Waals surface area contributed by atoms with Crippen LogP contribution in [0.5, 0.6) is 0 Å². The molecule has 4 aromatic carbocycles. The largest absolute Gasteiger partial charge is 0.478 e. The second kappa shape index (κ2) is 71.2. The highest BCUT2D eigenvalue weighted by molar-refractivity contribution is 9.22. The molecule has 19 atom stereocenters. The van der Waals surface area contributed by atoms with Crippen LogP contribution in [-0.4, -0.2) is 192 Å². The lowest BCUT2D eigenvalue weighted by Crippen LogP contribution is -2.36. The van der Waals surface area contributed by atoms with Crippen molar-refractivity contribution >= 4 is 288 Å². The molecule has 2 aliphatic heterocycles. The third-order valence-corrected chi connectivity index (χ3v) is 143. The summed E-state index contributed by atoms with van der Waals surface area (Å²) >= 11 is 1.88. The standard InChI is InChI=1S/C22H31N5O5S.C18H27N3O6.C12H17N3O3.C9H7NO6.C5H15BN2O.H14P12.H13P11/c23-15-11-13(7-8-14(15)21(30)31)20(29)25-10-4-3-9-24-18(28)6-2-1-5-17-19-16(12-33-17)26-22(32)27-19;1-18(2,3)27-17(23)20-10-6-5-9-19-12-13-7-8-14(16(22)26-4)15(11-13)21(24)25;13-5-1-2-6-15-11(16)8-3-4-9(12(17)18)10(14)7-8;1-16-9(13)6-3-2-5(8(11)12)4-7(6)10(14)15;1-6(9)8-5-3-2-4-7;1-8(2)11(7)12(9(3)4)10(5)6;1-7-10(6)11(8(2)3)9(4)5/h7-8,11,16-17,19H,1-6,9-10,12,23H2,(H,24,28)(H,25,29)(H,30,31)(H2,26,27,32);7-8,11,19H,5-6,9-10,12H2,1-4H3,(H,20,23);3-4,7H,1-2,5-6,13-14H2,(H,15,16)(H,17,18);2-4H,1H3,(H,11,12);8-9H,2-5,7H2,1H3;1-7H2;7H,1-6H2/t16-,17-,19-;;;;;;/m0....../s1. The fourth-order valence-electron chi connectivity index (χ4n) is 10.2. The van der Waals surface area contributed by atoms with E-state index < -0.39 is 57.1 Å². The molecule has 0 bridgehead atoms. The van der Waals surface area contributed by atoms with Gasteiger partial charge in [0.25, 0.3) is 23.2 Å². The second-order valence-electron chi connectivity index (χ2n) is 27.2. The van der Waals surface area contributed by atoms with Crippen LogP contribution in [0.3, 0.4) is 0 Å². The lowest BCUT2D eigenvalue weighted by atomic mass is 9.89. The minimum Gasteiger partial charge on any atom is -0.478 e. The summed E-state index contributed by atoms with van der Waals surface area (Å²) in [6.07, 6.45) is 9.57. The van der Waals surface area contributed by atoms with Gasteiger partial charge in [-0.3, -0.25) is 34.6 Å². The summed E-state index contributed by atoms with van der Waals surface area (Å²) < 4.78 is 14.0. The van der Waals surface area contributed by atoms with E-state index in [1.54, 1.807) is 33.7 Å². The number of carbonyl (C=O) groups excluding carboxylic acids is 7. The van der Waals surface area contributed by atoms with E-state index in [9.17, 15) is 68.2 Å². The van der Waals surface area contributed by atoms with E-state index in [0.29, 0.717) is 80.6 Å². The minimum atomic E-state index is -1.31. The van der Waals surface area contributed by atoms with Gasteiger partial charge in [-0.25, -0.2) is 33.6 Å². The number of amides is 6. The molecule has 35 nitrogen and oxygen atoms in total. The number of nitro benzene ring substituents is 2. The number of methoxy groups -OCH3 is 2. The molecular formula is C66H124BN14O21P23S. The number of nitrogen functional groups attached to an aromatic ring is 2. The lowest BCUT2D eigenvalue weighted by molar-refractivity contribution is -0.385. The zero-order valence-corrected chi connectivity index (χ0v) is 95.5. The number of carboxylic acid groups (broad SMARTS) is 3. The van der Waals surface area contributed by atoms with Crippen molar-refractivity contribution in [2.45, 2.75) is 134 Å². The predicted octanol–water partition coefficient (Wildman–Crippen LogP) is 17.6. The fourth-order valence-corrected chi connectivity index (χ4v) is 209. The number of hydrogen-bond acceptors (Lipinski definition) is 25. The summed E-state index contributed by atoms with van der Waals surface area (Å²) in [5.74, 6) is -4.78. The molecular weight excluding hydrogens is 2080 g/mol. The van der Waals surface area contributed by atoms with Gasteiger partial charge in [0.2, 0.25) is 5.91 Å². The van der Waals surface area contributed by atoms with Crippen LogP contribution in [0.2, 0.25) is 6.82 Å². The number of alkyl carbamates (subject to hydrolysis) is 1. The zero-order chi connectivity index (χ0) is 96.1. The Labute approximate surface area is 784 Å². The molecule has 708 valence electrons. The van der Waals surface area contributed by atoms with Gasteiger partial charge in [-0.15, -0.1) is 116 Å². The molecule has 20 N–H and O–H groups in total. The zero-order valence-electron chi connectivity index (χ0n) is 70.7. The molecule has 0 radical (unpaired) electrons. The molecule has 0 saturated carbocycles. The van der Waals surface area contributed by atoms with Gasteiger partial charge < -0.3 is 99.9 Å². The number of esters is 2. The molecule has 6 rings (SSSR count). The van der Waals surface area contributed by atoms with Crippen LogP contribution in [-0.2, 0) is 25.5 Å². The molecule has 0 aromatic heterocycles. The van der Waals surface area contributed by atoms with Crippen LogP contribution < -0.4 is 65.4 Å². The quantitative estimate of drug-likeness (QED) is 0.00225. The first-order chi connectivity index (χ1) is 59.2. The van der Waals surface area contributed by atoms with Crippen molar-refractivity contribution in [3.63, 3.8) is 0 Å². The smallest absolute Gasteiger partial charge is 0.407 e. The number of ether oxygens (including phenoxy) is 3. The number of aromatic carboxylic acids is 3. The topological polar surface area (TPSA) is 566 Å². The summed E-state index contributed by atoms with van der Waals surface area (Å²) in [6, 6.07) is 16.0. The number of nitrogens with one attached hydrogen (secondary N) is 8. The third-order valence-electron chi connectivity index (χ3n) is 16.2. The average Bonchev–Trinajstić information content (AvgIpc) is 1.61. The maximum Gasteiger partial charge on any atom is 0.407 e. The van der Waals surface area contributed by atoms with Crippen molar-refractivity contribution < 1.29 is 92.3 Å². The molecule has 60 heteroatoms. The molecule has 2 heterocycles. The van der Waals surface area contributed by atoms with E-state index in [1.165, 1.54) is 55.6 Å². The lowest BCUT2D eigenvalue weighted by Gasteiger charge is -2.32. The van der Waals surface area contributed by atoms with E-state index in [4.69, 9.17) is 48.0 Å². The molecule has 16 unspecified atom stereocenters. The second-order valence-corrected chi connectivity index (χ2v) is 112. The van der Waals surface area contributed by atoms with Gasteiger partial charge in [0.05, 0.1) is 52.8 Å². The maximum absolute atomic E-state index is 12.1. The van der Waals surface area contributed by atoms with Crippen LogP contribution in [0.25, 0.3) is 0 Å². The first kappa shape index (κ1) is 126. The van der Waals surface area contributed by atoms with Crippen molar-refractivity contribution in [2.75, 3.05) is 83.8 Å². The minimum absolute atomic E-state index is 0.00492. The molecule has 0 aliphatic carbocycles. The maximum atomic E-state index is 12.1. The van der Waals surface area contributed by atoms with Crippen LogP contribution in [0.4, 0.5) is 32.3 Å².